The molecule has 0 bridgehead atoms. The second-order valence-electron chi connectivity index (χ2n) is 7.91. The molecule has 31 heavy (non-hydrogen) atoms. The van der Waals surface area contributed by atoms with Gasteiger partial charge in [-0.25, -0.2) is 0 Å². The molecule has 0 heterocycles. The molecule has 4 N–H and O–H groups in total. The zero-order valence-corrected chi connectivity index (χ0v) is 18.0. The van der Waals surface area contributed by atoms with Crippen LogP contribution in [-0.2, 0) is 27.3 Å². The summed E-state index contributed by atoms with van der Waals surface area (Å²) in [5.41, 5.74) is 1.88. The van der Waals surface area contributed by atoms with E-state index in [9.17, 15) is 14.4 Å². The molecule has 2 atom stereocenters. The number of carbonyl (C=O) groups is 3. The van der Waals surface area contributed by atoms with E-state index in [-0.39, 0.29) is 24.3 Å². The van der Waals surface area contributed by atoms with E-state index in [1.54, 1.807) is 0 Å². The van der Waals surface area contributed by atoms with Gasteiger partial charge in [0.15, 0.2) is 0 Å². The van der Waals surface area contributed by atoms with Gasteiger partial charge in [-0.15, -0.1) is 0 Å². The third-order valence-electron chi connectivity index (χ3n) is 4.75. The van der Waals surface area contributed by atoms with Crippen LogP contribution in [0, 0.1) is 5.92 Å². The molecule has 7 nitrogen and oxygen atoms in total. The lowest BCUT2D eigenvalue weighted by Crippen LogP contribution is -2.54. The molecular formula is C24H31N3O4. The molecule has 2 aromatic carbocycles. The van der Waals surface area contributed by atoms with Gasteiger partial charge in [0.05, 0.1) is 12.6 Å². The van der Waals surface area contributed by atoms with E-state index in [1.807, 2.05) is 74.5 Å². The molecule has 2 amide bonds. The fourth-order valence-electron chi connectivity index (χ4n) is 3.20. The molecule has 0 aromatic heterocycles. The number of hydrogen-bond acceptors (Lipinski definition) is 4. The third kappa shape index (κ3) is 9.00. The first-order valence-electron chi connectivity index (χ1n) is 10.5. The minimum atomic E-state index is -1.04. The SMILES string of the molecule is CC(C)CC(NCC(=O)O)C(=O)N[C@@H](Cc1ccccc1)C(=O)NCc1ccccc1. The van der Waals surface area contributed by atoms with Gasteiger partial charge in [-0.2, -0.15) is 0 Å². The van der Waals surface area contributed by atoms with Gasteiger partial charge in [0.25, 0.3) is 0 Å². The van der Waals surface area contributed by atoms with Crippen molar-refractivity contribution in [1.29, 1.82) is 0 Å². The summed E-state index contributed by atoms with van der Waals surface area (Å²) >= 11 is 0. The fraction of sp³-hybridized carbons (Fsp3) is 0.375. The highest BCUT2D eigenvalue weighted by molar-refractivity contribution is 5.90. The molecule has 0 saturated carbocycles. The summed E-state index contributed by atoms with van der Waals surface area (Å²) < 4.78 is 0. The highest BCUT2D eigenvalue weighted by Gasteiger charge is 2.26. The first kappa shape index (κ1) is 24.1. The fourth-order valence-corrected chi connectivity index (χ4v) is 3.20. The first-order valence-corrected chi connectivity index (χ1v) is 10.5. The van der Waals surface area contributed by atoms with Crippen molar-refractivity contribution >= 4 is 17.8 Å². The number of carbonyl (C=O) groups excluding carboxylic acids is 2. The predicted octanol–water partition coefficient (Wildman–Crippen LogP) is 2.12. The van der Waals surface area contributed by atoms with Crippen molar-refractivity contribution in [2.24, 2.45) is 5.92 Å². The van der Waals surface area contributed by atoms with E-state index in [4.69, 9.17) is 5.11 Å². The van der Waals surface area contributed by atoms with Crippen LogP contribution in [0.15, 0.2) is 60.7 Å². The van der Waals surface area contributed by atoms with E-state index in [1.165, 1.54) is 0 Å². The van der Waals surface area contributed by atoms with Gasteiger partial charge in [-0.05, 0) is 23.5 Å². The van der Waals surface area contributed by atoms with Crippen LogP contribution in [-0.4, -0.2) is 41.5 Å². The van der Waals surface area contributed by atoms with Gasteiger partial charge in [-0.3, -0.25) is 19.7 Å². The molecular weight excluding hydrogens is 394 g/mol. The number of nitrogens with one attached hydrogen (secondary N) is 3. The van der Waals surface area contributed by atoms with Gasteiger partial charge in [0.2, 0.25) is 11.8 Å². The normalized spacial score (nSPS) is 12.7. The smallest absolute Gasteiger partial charge is 0.317 e. The summed E-state index contributed by atoms with van der Waals surface area (Å²) in [5.74, 6) is -1.53. The maximum atomic E-state index is 12.9. The second kappa shape index (κ2) is 12.5. The van der Waals surface area contributed by atoms with Crippen molar-refractivity contribution < 1.29 is 19.5 Å². The number of amides is 2. The largest absolute Gasteiger partial charge is 0.480 e. The van der Waals surface area contributed by atoms with Crippen LogP contribution in [0.2, 0.25) is 0 Å². The van der Waals surface area contributed by atoms with Gasteiger partial charge in [0, 0.05) is 13.0 Å². The Morgan fingerprint density at radius 3 is 1.97 bits per heavy atom. The van der Waals surface area contributed by atoms with E-state index in [0.29, 0.717) is 19.4 Å². The Labute approximate surface area is 183 Å². The number of hydrogen-bond donors (Lipinski definition) is 4. The molecule has 0 spiro atoms. The van der Waals surface area contributed by atoms with Crippen LogP contribution in [0.25, 0.3) is 0 Å². The zero-order chi connectivity index (χ0) is 22.6. The summed E-state index contributed by atoms with van der Waals surface area (Å²) in [6.07, 6.45) is 0.795. The molecule has 0 aliphatic rings. The van der Waals surface area contributed by atoms with Crippen LogP contribution in [0.5, 0.6) is 0 Å². The zero-order valence-electron chi connectivity index (χ0n) is 18.0. The minimum absolute atomic E-state index is 0.177. The van der Waals surface area contributed by atoms with Crippen LogP contribution in [0.3, 0.4) is 0 Å². The lowest BCUT2D eigenvalue weighted by molar-refractivity contribution is -0.136. The Morgan fingerprint density at radius 2 is 1.42 bits per heavy atom. The van der Waals surface area contributed by atoms with Gasteiger partial charge < -0.3 is 15.7 Å². The highest BCUT2D eigenvalue weighted by atomic mass is 16.4. The molecule has 166 valence electrons. The van der Waals surface area contributed by atoms with Crippen LogP contribution in [0.1, 0.15) is 31.4 Å². The summed E-state index contributed by atoms with van der Waals surface area (Å²) in [6.45, 7) is 3.94. The minimum Gasteiger partial charge on any atom is -0.480 e. The lowest BCUT2D eigenvalue weighted by Gasteiger charge is -2.24. The predicted molar refractivity (Wildman–Crippen MR) is 119 cm³/mol. The van der Waals surface area contributed by atoms with E-state index in [0.717, 1.165) is 11.1 Å². The van der Waals surface area contributed by atoms with E-state index >= 15 is 0 Å². The maximum absolute atomic E-state index is 12.9. The molecule has 0 fully saturated rings. The molecule has 0 aliphatic heterocycles. The van der Waals surface area contributed by atoms with Crippen molar-refractivity contribution in [3.05, 3.63) is 71.8 Å². The standard InChI is InChI=1S/C24H31N3O4/c1-17(2)13-20(25-16-22(28)29)24(31)27-21(14-18-9-5-3-6-10-18)23(30)26-15-19-11-7-4-8-12-19/h3-12,17,20-21,25H,13-16H2,1-2H3,(H,26,30)(H,27,31)(H,28,29)/t20?,21-/m0/s1. The number of carboxylic acids is 1. The summed E-state index contributed by atoms with van der Waals surface area (Å²) in [7, 11) is 0. The van der Waals surface area contributed by atoms with Gasteiger partial charge in [-0.1, -0.05) is 74.5 Å². The lowest BCUT2D eigenvalue weighted by atomic mass is 10.0. The topological polar surface area (TPSA) is 108 Å². The molecule has 1 unspecified atom stereocenters. The molecule has 7 heteroatoms. The quantitative estimate of drug-likeness (QED) is 0.417. The number of rotatable bonds is 12. The summed E-state index contributed by atoms with van der Waals surface area (Å²) in [5, 5.41) is 17.4. The summed E-state index contributed by atoms with van der Waals surface area (Å²) in [6, 6.07) is 17.5. The Bertz CT molecular complexity index is 840. The van der Waals surface area contributed by atoms with Gasteiger partial charge in [0.1, 0.15) is 6.04 Å². The highest BCUT2D eigenvalue weighted by Crippen LogP contribution is 2.08. The second-order valence-corrected chi connectivity index (χ2v) is 7.91. The van der Waals surface area contributed by atoms with Crippen molar-refractivity contribution in [1.82, 2.24) is 16.0 Å². The first-order chi connectivity index (χ1) is 14.8. The van der Waals surface area contributed by atoms with Crippen molar-refractivity contribution in [2.45, 2.75) is 45.3 Å². The number of benzene rings is 2. The van der Waals surface area contributed by atoms with Crippen LogP contribution >= 0.6 is 0 Å². The van der Waals surface area contributed by atoms with Crippen molar-refractivity contribution in [3.8, 4) is 0 Å². The average molecular weight is 426 g/mol. The summed E-state index contributed by atoms with van der Waals surface area (Å²) in [4.78, 5) is 36.8. The molecule has 2 rings (SSSR count). The van der Waals surface area contributed by atoms with Crippen molar-refractivity contribution in [2.75, 3.05) is 6.54 Å². The molecule has 2 aromatic rings. The Kier molecular flexibility index (Phi) is 9.71. The Balaban J connectivity index is 2.10. The average Bonchev–Trinajstić information content (AvgIpc) is 2.75. The Morgan fingerprint density at radius 1 is 0.839 bits per heavy atom. The van der Waals surface area contributed by atoms with Crippen molar-refractivity contribution in [3.63, 3.8) is 0 Å². The van der Waals surface area contributed by atoms with Crippen LogP contribution in [0.4, 0.5) is 0 Å². The van der Waals surface area contributed by atoms with Gasteiger partial charge >= 0.3 is 5.97 Å². The number of carboxylic acid groups (broad SMARTS) is 1. The van der Waals surface area contributed by atoms with E-state index < -0.39 is 18.1 Å². The van der Waals surface area contributed by atoms with Crippen LogP contribution < -0.4 is 16.0 Å². The van der Waals surface area contributed by atoms with E-state index in [2.05, 4.69) is 16.0 Å². The molecule has 0 saturated heterocycles. The maximum Gasteiger partial charge on any atom is 0.317 e. The third-order valence-corrected chi connectivity index (χ3v) is 4.75. The molecule has 0 radical (unpaired) electrons. The number of aliphatic carboxylic acids is 1. The Hall–Kier alpha value is -3.19. The molecule has 0 aliphatic carbocycles. The monoisotopic (exact) mass is 425 g/mol.